The summed E-state index contributed by atoms with van der Waals surface area (Å²) in [4.78, 5) is 29.7. The maximum absolute atomic E-state index is 12.7. The van der Waals surface area contributed by atoms with Crippen molar-refractivity contribution in [1.82, 2.24) is 9.88 Å². The summed E-state index contributed by atoms with van der Waals surface area (Å²) in [5.41, 5.74) is 0.389. The number of ether oxygens (including phenoxy) is 1. The van der Waals surface area contributed by atoms with Crippen LogP contribution in [0.3, 0.4) is 0 Å². The normalized spacial score (nSPS) is 12.5. The van der Waals surface area contributed by atoms with Crippen LogP contribution in [0.1, 0.15) is 55.5 Å². The molecule has 0 radical (unpaired) electrons. The first-order valence-electron chi connectivity index (χ1n) is 7.89. The maximum atomic E-state index is 12.7. The number of carboxylic acids is 1. The fourth-order valence-corrected chi connectivity index (χ4v) is 2.29. The number of hydrogen-bond acceptors (Lipinski definition) is 5. The number of carbonyl (C=O) groups excluding carboxylic acids is 1. The van der Waals surface area contributed by atoms with E-state index in [2.05, 4.69) is 4.98 Å². The van der Waals surface area contributed by atoms with E-state index in [0.717, 1.165) is 0 Å². The highest BCUT2D eigenvalue weighted by atomic mass is 16.6. The second-order valence-electron chi connectivity index (χ2n) is 6.62. The van der Waals surface area contributed by atoms with Crippen LogP contribution in [0, 0.1) is 0 Å². The van der Waals surface area contributed by atoms with Crippen molar-refractivity contribution >= 4 is 12.1 Å². The molecule has 134 valence electrons. The number of pyridine rings is 1. The van der Waals surface area contributed by atoms with Gasteiger partial charge in [0.2, 0.25) is 5.76 Å². The lowest BCUT2D eigenvalue weighted by molar-refractivity contribution is 0.0146. The lowest BCUT2D eigenvalue weighted by Gasteiger charge is -2.31. The Kier molecular flexibility index (Phi) is 5.46. The molecule has 0 saturated carbocycles. The summed E-state index contributed by atoms with van der Waals surface area (Å²) in [6, 6.07) is 6.54. The van der Waals surface area contributed by atoms with Crippen LogP contribution >= 0.6 is 0 Å². The van der Waals surface area contributed by atoms with Gasteiger partial charge < -0.3 is 14.3 Å². The molecule has 1 unspecified atom stereocenters. The molecule has 2 aromatic heterocycles. The summed E-state index contributed by atoms with van der Waals surface area (Å²) in [5, 5.41) is 9.21. The maximum Gasteiger partial charge on any atom is 0.411 e. The summed E-state index contributed by atoms with van der Waals surface area (Å²) in [7, 11) is 0. The number of aromatic carboxylic acids is 1. The molecular weight excluding hydrogens is 324 g/mol. The van der Waals surface area contributed by atoms with Crippen molar-refractivity contribution in [3.05, 3.63) is 53.7 Å². The van der Waals surface area contributed by atoms with Crippen LogP contribution < -0.4 is 0 Å². The van der Waals surface area contributed by atoms with Crippen LogP contribution in [-0.2, 0) is 11.3 Å². The van der Waals surface area contributed by atoms with E-state index >= 15 is 0 Å². The Morgan fingerprint density at radius 3 is 2.60 bits per heavy atom. The lowest BCUT2D eigenvalue weighted by atomic mass is 10.1. The highest BCUT2D eigenvalue weighted by Crippen LogP contribution is 2.25. The first kappa shape index (κ1) is 18.5. The number of aromatic nitrogens is 1. The smallest absolute Gasteiger partial charge is 0.411 e. The van der Waals surface area contributed by atoms with Gasteiger partial charge in [-0.25, -0.2) is 9.59 Å². The van der Waals surface area contributed by atoms with Crippen LogP contribution in [-0.4, -0.2) is 32.7 Å². The number of hydrogen-bond donors (Lipinski definition) is 1. The van der Waals surface area contributed by atoms with Crippen molar-refractivity contribution in [2.24, 2.45) is 0 Å². The van der Waals surface area contributed by atoms with Crippen LogP contribution in [0.4, 0.5) is 4.79 Å². The Morgan fingerprint density at radius 1 is 1.32 bits per heavy atom. The molecule has 0 saturated heterocycles. The number of nitrogens with zero attached hydrogens (tertiary/aromatic N) is 2. The third kappa shape index (κ3) is 4.82. The third-order valence-corrected chi connectivity index (χ3v) is 3.49. The molecule has 0 aliphatic heterocycles. The minimum absolute atomic E-state index is 0.0325. The van der Waals surface area contributed by atoms with E-state index in [1.807, 2.05) is 13.0 Å². The Balaban J connectivity index is 2.33. The number of rotatable bonds is 5. The number of carbonyl (C=O) groups is 2. The molecule has 0 aromatic carbocycles. The number of carboxylic acid groups (broad SMARTS) is 1. The van der Waals surface area contributed by atoms with Crippen LogP contribution in [0.15, 0.2) is 41.1 Å². The molecule has 0 spiro atoms. The SMILES string of the molecule is CC(c1ccccn1)N(Cc1ccoc1C(=O)O)C(=O)OC(C)(C)C. The molecule has 2 aromatic rings. The Morgan fingerprint density at radius 2 is 2.04 bits per heavy atom. The largest absolute Gasteiger partial charge is 0.475 e. The van der Waals surface area contributed by atoms with Gasteiger partial charge in [0, 0.05) is 11.8 Å². The molecular formula is C18H22N2O5. The van der Waals surface area contributed by atoms with Gasteiger partial charge in [-0.3, -0.25) is 9.88 Å². The van der Waals surface area contributed by atoms with Gasteiger partial charge >= 0.3 is 12.1 Å². The van der Waals surface area contributed by atoms with Gasteiger partial charge in [-0.1, -0.05) is 6.07 Å². The monoisotopic (exact) mass is 346 g/mol. The average Bonchev–Trinajstić information content (AvgIpc) is 2.99. The molecule has 7 nitrogen and oxygen atoms in total. The fraction of sp³-hybridized carbons (Fsp3) is 0.389. The molecule has 1 amide bonds. The molecule has 7 heteroatoms. The molecule has 1 N–H and O–H groups in total. The summed E-state index contributed by atoms with van der Waals surface area (Å²) >= 11 is 0. The average molecular weight is 346 g/mol. The number of furan rings is 1. The molecule has 2 heterocycles. The molecule has 0 aliphatic carbocycles. The molecule has 0 fully saturated rings. The van der Waals surface area contributed by atoms with Gasteiger partial charge in [-0.2, -0.15) is 0 Å². The lowest BCUT2D eigenvalue weighted by Crippen LogP contribution is -2.38. The van der Waals surface area contributed by atoms with E-state index in [0.29, 0.717) is 11.3 Å². The van der Waals surface area contributed by atoms with Gasteiger partial charge in [0.25, 0.3) is 0 Å². The van der Waals surface area contributed by atoms with Crippen molar-refractivity contribution in [3.8, 4) is 0 Å². The molecule has 25 heavy (non-hydrogen) atoms. The quantitative estimate of drug-likeness (QED) is 0.883. The Bertz CT molecular complexity index is 733. The topological polar surface area (TPSA) is 92.9 Å². The highest BCUT2D eigenvalue weighted by Gasteiger charge is 2.29. The van der Waals surface area contributed by atoms with E-state index in [1.165, 1.54) is 17.2 Å². The Hall–Kier alpha value is -2.83. The summed E-state index contributed by atoms with van der Waals surface area (Å²) < 4.78 is 10.5. The van der Waals surface area contributed by atoms with E-state index < -0.39 is 23.7 Å². The van der Waals surface area contributed by atoms with Gasteiger partial charge in [0.15, 0.2) is 0 Å². The standard InChI is InChI=1S/C18H22N2O5/c1-12(14-7-5-6-9-19-14)20(17(23)25-18(2,3)4)11-13-8-10-24-15(13)16(21)22/h5-10,12H,11H2,1-4H3,(H,21,22). The van der Waals surface area contributed by atoms with E-state index in [4.69, 9.17) is 9.15 Å². The predicted molar refractivity (Wildman–Crippen MR) is 90.1 cm³/mol. The van der Waals surface area contributed by atoms with Crippen molar-refractivity contribution in [3.63, 3.8) is 0 Å². The van der Waals surface area contributed by atoms with Crippen LogP contribution in [0.2, 0.25) is 0 Å². The zero-order chi connectivity index (χ0) is 18.6. The van der Waals surface area contributed by atoms with Crippen LogP contribution in [0.5, 0.6) is 0 Å². The minimum Gasteiger partial charge on any atom is -0.475 e. The fourth-order valence-electron chi connectivity index (χ4n) is 2.29. The summed E-state index contributed by atoms with van der Waals surface area (Å²) in [6.45, 7) is 7.16. The van der Waals surface area contributed by atoms with E-state index in [9.17, 15) is 14.7 Å². The van der Waals surface area contributed by atoms with E-state index in [-0.39, 0.29) is 12.3 Å². The summed E-state index contributed by atoms with van der Waals surface area (Å²) in [5.74, 6) is -1.38. The van der Waals surface area contributed by atoms with Gasteiger partial charge in [0.05, 0.1) is 24.5 Å². The van der Waals surface area contributed by atoms with Crippen LogP contribution in [0.25, 0.3) is 0 Å². The molecule has 0 aliphatic rings. The van der Waals surface area contributed by atoms with Gasteiger partial charge in [-0.05, 0) is 45.9 Å². The molecule has 2 rings (SSSR count). The Labute approximate surface area is 146 Å². The predicted octanol–water partition coefficient (Wildman–Crippen LogP) is 3.87. The minimum atomic E-state index is -1.19. The number of amides is 1. The third-order valence-electron chi connectivity index (χ3n) is 3.49. The second kappa shape index (κ2) is 7.38. The van der Waals surface area contributed by atoms with Crippen molar-refractivity contribution in [1.29, 1.82) is 0 Å². The van der Waals surface area contributed by atoms with Crippen molar-refractivity contribution < 1.29 is 23.8 Å². The molecule has 0 bridgehead atoms. The second-order valence-corrected chi connectivity index (χ2v) is 6.62. The van der Waals surface area contributed by atoms with Crippen molar-refractivity contribution in [2.75, 3.05) is 0 Å². The first-order chi connectivity index (χ1) is 11.7. The zero-order valence-electron chi connectivity index (χ0n) is 14.7. The van der Waals surface area contributed by atoms with E-state index in [1.54, 1.807) is 39.1 Å². The van der Waals surface area contributed by atoms with Gasteiger partial charge in [-0.15, -0.1) is 0 Å². The highest BCUT2D eigenvalue weighted by molar-refractivity contribution is 5.86. The zero-order valence-corrected chi connectivity index (χ0v) is 14.7. The summed E-state index contributed by atoms with van der Waals surface area (Å²) in [6.07, 6.45) is 2.38. The first-order valence-corrected chi connectivity index (χ1v) is 7.89. The molecule has 1 atom stereocenters. The van der Waals surface area contributed by atoms with Crippen molar-refractivity contribution in [2.45, 2.75) is 45.9 Å². The van der Waals surface area contributed by atoms with Gasteiger partial charge in [0.1, 0.15) is 5.60 Å².